The first-order valence-electron chi connectivity index (χ1n) is 7.50. The highest BCUT2D eigenvalue weighted by Crippen LogP contribution is 2.17. The number of nitrogens with one attached hydrogen (secondary N) is 1. The van der Waals surface area contributed by atoms with Gasteiger partial charge in [-0.25, -0.2) is 0 Å². The third-order valence-electron chi connectivity index (χ3n) is 3.92. The molecule has 128 valence electrons. The third-order valence-corrected chi connectivity index (χ3v) is 3.92. The highest BCUT2D eigenvalue weighted by molar-refractivity contribution is 5.85. The number of aryl methyl sites for hydroxylation is 1. The number of rotatable bonds is 8. The SMILES string of the molecule is CCC(CC)(CN)NC(=O)CCc1nc(-c2ccco2)no1.Cl. The van der Waals surface area contributed by atoms with E-state index in [1.807, 2.05) is 13.8 Å². The van der Waals surface area contributed by atoms with Gasteiger partial charge in [0.25, 0.3) is 0 Å². The highest BCUT2D eigenvalue weighted by atomic mass is 35.5. The van der Waals surface area contributed by atoms with Gasteiger partial charge in [-0.05, 0) is 25.0 Å². The van der Waals surface area contributed by atoms with Crippen LogP contribution in [0, 0.1) is 0 Å². The Morgan fingerprint density at radius 3 is 2.70 bits per heavy atom. The molecule has 23 heavy (non-hydrogen) atoms. The normalized spacial score (nSPS) is 11.1. The summed E-state index contributed by atoms with van der Waals surface area (Å²) in [5.74, 6) is 1.28. The molecule has 0 aliphatic rings. The summed E-state index contributed by atoms with van der Waals surface area (Å²) in [6, 6.07) is 3.50. The van der Waals surface area contributed by atoms with E-state index < -0.39 is 0 Å². The maximum Gasteiger partial charge on any atom is 0.238 e. The molecule has 8 heteroatoms. The quantitative estimate of drug-likeness (QED) is 0.762. The summed E-state index contributed by atoms with van der Waals surface area (Å²) < 4.78 is 10.3. The largest absolute Gasteiger partial charge is 0.461 e. The van der Waals surface area contributed by atoms with Crippen molar-refractivity contribution in [3.05, 3.63) is 24.3 Å². The highest BCUT2D eigenvalue weighted by Gasteiger charge is 2.26. The lowest BCUT2D eigenvalue weighted by Gasteiger charge is -2.31. The summed E-state index contributed by atoms with van der Waals surface area (Å²) in [5.41, 5.74) is 5.45. The fourth-order valence-corrected chi connectivity index (χ4v) is 2.21. The van der Waals surface area contributed by atoms with Gasteiger partial charge in [0.2, 0.25) is 17.6 Å². The molecule has 1 amide bonds. The van der Waals surface area contributed by atoms with Gasteiger partial charge in [0.15, 0.2) is 5.76 Å². The Labute approximate surface area is 141 Å². The van der Waals surface area contributed by atoms with Crippen molar-refractivity contribution in [2.75, 3.05) is 6.54 Å². The van der Waals surface area contributed by atoms with E-state index >= 15 is 0 Å². The molecule has 0 aromatic carbocycles. The predicted octanol–water partition coefficient (Wildman–Crippen LogP) is 2.32. The predicted molar refractivity (Wildman–Crippen MR) is 88.1 cm³/mol. The summed E-state index contributed by atoms with van der Waals surface area (Å²) in [5, 5.41) is 6.84. The number of nitrogens with zero attached hydrogens (tertiary/aromatic N) is 2. The van der Waals surface area contributed by atoms with Crippen LogP contribution in [0.25, 0.3) is 11.6 Å². The van der Waals surface area contributed by atoms with Crippen molar-refractivity contribution >= 4 is 18.3 Å². The van der Waals surface area contributed by atoms with E-state index in [9.17, 15) is 4.79 Å². The minimum Gasteiger partial charge on any atom is -0.461 e. The van der Waals surface area contributed by atoms with Crippen molar-refractivity contribution in [3.8, 4) is 11.6 Å². The minimum absolute atomic E-state index is 0. The van der Waals surface area contributed by atoms with Gasteiger partial charge in [0.05, 0.1) is 11.8 Å². The first-order valence-corrected chi connectivity index (χ1v) is 7.50. The number of halogens is 1. The molecule has 7 nitrogen and oxygen atoms in total. The van der Waals surface area contributed by atoms with Gasteiger partial charge in [-0.2, -0.15) is 4.98 Å². The summed E-state index contributed by atoms with van der Waals surface area (Å²) in [6.07, 6.45) is 3.81. The zero-order valence-corrected chi connectivity index (χ0v) is 14.2. The first-order chi connectivity index (χ1) is 10.6. The molecule has 2 rings (SSSR count). The summed E-state index contributed by atoms with van der Waals surface area (Å²) in [7, 11) is 0. The Morgan fingerprint density at radius 2 is 2.13 bits per heavy atom. The van der Waals surface area contributed by atoms with E-state index in [2.05, 4.69) is 15.5 Å². The van der Waals surface area contributed by atoms with Crippen LogP contribution in [-0.2, 0) is 11.2 Å². The number of furan rings is 1. The Balaban J connectivity index is 0.00000264. The van der Waals surface area contributed by atoms with Gasteiger partial charge < -0.3 is 20.0 Å². The maximum atomic E-state index is 12.1. The number of nitrogens with two attached hydrogens (primary N) is 1. The van der Waals surface area contributed by atoms with E-state index in [0.29, 0.717) is 30.4 Å². The standard InChI is InChI=1S/C15H22N4O3.ClH/c1-3-15(4-2,10-16)18-12(20)7-8-13-17-14(19-22-13)11-6-5-9-21-11;/h5-6,9H,3-4,7-8,10,16H2,1-2H3,(H,18,20);1H. The monoisotopic (exact) mass is 342 g/mol. The minimum atomic E-state index is -0.328. The van der Waals surface area contributed by atoms with Crippen LogP contribution in [0.15, 0.2) is 27.3 Å². The molecule has 0 atom stereocenters. The molecule has 0 aliphatic heterocycles. The second kappa shape index (κ2) is 8.69. The molecule has 0 saturated heterocycles. The number of amides is 1. The van der Waals surface area contributed by atoms with Crippen LogP contribution in [0.2, 0.25) is 0 Å². The average Bonchev–Trinajstić information content (AvgIpc) is 3.21. The molecule has 0 radical (unpaired) electrons. The van der Waals surface area contributed by atoms with Crippen LogP contribution < -0.4 is 11.1 Å². The molecule has 2 heterocycles. The summed E-state index contributed by atoms with van der Waals surface area (Å²) in [4.78, 5) is 16.3. The van der Waals surface area contributed by atoms with Gasteiger partial charge >= 0.3 is 0 Å². The number of carbonyl (C=O) groups excluding carboxylic acids is 1. The van der Waals surface area contributed by atoms with Crippen LogP contribution in [0.4, 0.5) is 0 Å². The van der Waals surface area contributed by atoms with E-state index in [1.165, 1.54) is 0 Å². The molecule has 0 spiro atoms. The van der Waals surface area contributed by atoms with Crippen LogP contribution in [-0.4, -0.2) is 28.1 Å². The Bertz CT molecular complexity index is 585. The second-order valence-corrected chi connectivity index (χ2v) is 5.23. The smallest absolute Gasteiger partial charge is 0.238 e. The van der Waals surface area contributed by atoms with Crippen LogP contribution in [0.1, 0.15) is 39.0 Å². The molecule has 0 aliphatic carbocycles. The molecule has 2 aromatic rings. The molecular formula is C15H23ClN4O3. The van der Waals surface area contributed by atoms with Crippen LogP contribution in [0.3, 0.4) is 0 Å². The fraction of sp³-hybridized carbons (Fsp3) is 0.533. The lowest BCUT2D eigenvalue weighted by atomic mass is 9.92. The Morgan fingerprint density at radius 1 is 1.39 bits per heavy atom. The number of carbonyl (C=O) groups is 1. The van der Waals surface area contributed by atoms with E-state index in [1.54, 1.807) is 18.4 Å². The van der Waals surface area contributed by atoms with Crippen molar-refractivity contribution in [3.63, 3.8) is 0 Å². The van der Waals surface area contributed by atoms with Crippen molar-refractivity contribution in [2.24, 2.45) is 5.73 Å². The van der Waals surface area contributed by atoms with Crippen molar-refractivity contribution in [1.29, 1.82) is 0 Å². The molecular weight excluding hydrogens is 320 g/mol. The first kappa shape index (κ1) is 19.2. The Kier molecular flexibility index (Phi) is 7.25. The zero-order valence-electron chi connectivity index (χ0n) is 13.4. The van der Waals surface area contributed by atoms with E-state index in [-0.39, 0.29) is 30.3 Å². The second-order valence-electron chi connectivity index (χ2n) is 5.23. The topological polar surface area (TPSA) is 107 Å². The number of aromatic nitrogens is 2. The average molecular weight is 343 g/mol. The van der Waals surface area contributed by atoms with Crippen molar-refractivity contribution in [1.82, 2.24) is 15.5 Å². The molecule has 0 unspecified atom stereocenters. The molecule has 0 saturated carbocycles. The third kappa shape index (κ3) is 4.80. The molecule has 3 N–H and O–H groups in total. The number of hydrogen-bond donors (Lipinski definition) is 2. The summed E-state index contributed by atoms with van der Waals surface area (Å²) in [6.45, 7) is 4.46. The van der Waals surface area contributed by atoms with Gasteiger partial charge in [0, 0.05) is 19.4 Å². The zero-order chi connectivity index (χ0) is 16.0. The van der Waals surface area contributed by atoms with E-state index in [4.69, 9.17) is 14.7 Å². The number of hydrogen-bond acceptors (Lipinski definition) is 6. The van der Waals surface area contributed by atoms with Crippen LogP contribution in [0.5, 0.6) is 0 Å². The van der Waals surface area contributed by atoms with Gasteiger partial charge in [-0.1, -0.05) is 19.0 Å². The molecule has 0 fully saturated rings. The molecule has 0 bridgehead atoms. The fourth-order valence-electron chi connectivity index (χ4n) is 2.21. The lowest BCUT2D eigenvalue weighted by Crippen LogP contribution is -2.52. The molecule has 2 aromatic heterocycles. The van der Waals surface area contributed by atoms with Crippen molar-refractivity contribution in [2.45, 2.75) is 45.1 Å². The van der Waals surface area contributed by atoms with Crippen LogP contribution >= 0.6 is 12.4 Å². The van der Waals surface area contributed by atoms with Crippen molar-refractivity contribution < 1.29 is 13.7 Å². The Hall–Kier alpha value is -1.86. The van der Waals surface area contributed by atoms with Gasteiger partial charge in [-0.15, -0.1) is 12.4 Å². The van der Waals surface area contributed by atoms with Gasteiger partial charge in [-0.3, -0.25) is 4.79 Å². The van der Waals surface area contributed by atoms with Gasteiger partial charge in [0.1, 0.15) is 0 Å². The van der Waals surface area contributed by atoms with E-state index in [0.717, 1.165) is 12.8 Å². The summed E-state index contributed by atoms with van der Waals surface area (Å²) >= 11 is 0. The maximum absolute atomic E-state index is 12.1. The lowest BCUT2D eigenvalue weighted by molar-refractivity contribution is -0.123.